The fourth-order valence-electron chi connectivity index (χ4n) is 1.73. The fourth-order valence-corrected chi connectivity index (χ4v) is 1.83. The zero-order valence-electron chi connectivity index (χ0n) is 11.3. The summed E-state index contributed by atoms with van der Waals surface area (Å²) in [7, 11) is 1.65. The number of hydrogen-bond donors (Lipinski definition) is 2. The van der Waals surface area contributed by atoms with Crippen molar-refractivity contribution in [3.63, 3.8) is 0 Å². The van der Waals surface area contributed by atoms with E-state index in [9.17, 15) is 0 Å². The number of anilines is 1. The van der Waals surface area contributed by atoms with Gasteiger partial charge in [0, 0.05) is 6.04 Å². The lowest BCUT2D eigenvalue weighted by molar-refractivity contribution is 0.414. The van der Waals surface area contributed by atoms with Crippen LogP contribution < -0.4 is 15.8 Å². The molecule has 0 spiro atoms. The average molecular weight is 288 g/mol. The van der Waals surface area contributed by atoms with Gasteiger partial charge in [0.1, 0.15) is 22.2 Å². The summed E-state index contributed by atoms with van der Waals surface area (Å²) >= 11 is 4.84. The van der Waals surface area contributed by atoms with Crippen LogP contribution >= 0.6 is 12.2 Å². The second-order valence-electron chi connectivity index (χ2n) is 4.29. The van der Waals surface area contributed by atoms with Gasteiger partial charge in [-0.05, 0) is 24.6 Å². The normalized spacial score (nSPS) is 11.7. The molecule has 104 valence electrons. The standard InChI is InChI=1S/C14H16N4OS/c1-9(10-3-5-11(19-2)6-4-10)18-13-8-16-12(7-17-13)14(15)20/h3-9H,1-2H3,(H2,15,20)(H,17,18). The number of nitrogens with zero attached hydrogens (tertiary/aromatic N) is 2. The minimum Gasteiger partial charge on any atom is -0.497 e. The molecule has 1 aromatic heterocycles. The second kappa shape index (κ2) is 6.29. The summed E-state index contributed by atoms with van der Waals surface area (Å²) < 4.78 is 5.14. The van der Waals surface area contributed by atoms with Crippen LogP contribution in [-0.4, -0.2) is 22.1 Å². The Bertz CT molecular complexity index is 583. The van der Waals surface area contributed by atoms with E-state index in [-0.39, 0.29) is 11.0 Å². The van der Waals surface area contributed by atoms with Crippen LogP contribution in [0, 0.1) is 0 Å². The number of hydrogen-bond acceptors (Lipinski definition) is 5. The second-order valence-corrected chi connectivity index (χ2v) is 4.73. The Labute approximate surface area is 123 Å². The predicted molar refractivity (Wildman–Crippen MR) is 83.0 cm³/mol. The van der Waals surface area contributed by atoms with Crippen molar-refractivity contribution in [3.05, 3.63) is 47.9 Å². The third kappa shape index (κ3) is 3.42. The molecule has 0 aliphatic carbocycles. The first-order chi connectivity index (χ1) is 9.60. The molecular formula is C14H16N4OS. The summed E-state index contributed by atoms with van der Waals surface area (Å²) in [5, 5.41) is 3.26. The van der Waals surface area contributed by atoms with Crippen LogP contribution in [0.3, 0.4) is 0 Å². The van der Waals surface area contributed by atoms with Crippen LogP contribution in [0.2, 0.25) is 0 Å². The van der Waals surface area contributed by atoms with E-state index in [2.05, 4.69) is 15.3 Å². The molecule has 0 fully saturated rings. The molecule has 0 radical (unpaired) electrons. The van der Waals surface area contributed by atoms with Crippen LogP contribution in [0.25, 0.3) is 0 Å². The van der Waals surface area contributed by atoms with Crippen molar-refractivity contribution >= 4 is 23.0 Å². The van der Waals surface area contributed by atoms with Crippen molar-refractivity contribution in [1.82, 2.24) is 9.97 Å². The highest BCUT2D eigenvalue weighted by Gasteiger charge is 2.07. The number of rotatable bonds is 5. The number of methoxy groups -OCH3 is 1. The Morgan fingerprint density at radius 1 is 1.25 bits per heavy atom. The smallest absolute Gasteiger partial charge is 0.144 e. The highest BCUT2D eigenvalue weighted by molar-refractivity contribution is 7.80. The molecule has 0 saturated carbocycles. The highest BCUT2D eigenvalue weighted by Crippen LogP contribution is 2.20. The third-order valence-corrected chi connectivity index (χ3v) is 3.09. The molecule has 1 aromatic carbocycles. The van der Waals surface area contributed by atoms with Crippen molar-refractivity contribution in [1.29, 1.82) is 0 Å². The summed E-state index contributed by atoms with van der Waals surface area (Å²) in [6, 6.07) is 7.97. The van der Waals surface area contributed by atoms with Gasteiger partial charge in [0.15, 0.2) is 0 Å². The molecule has 0 aliphatic rings. The topological polar surface area (TPSA) is 73.1 Å². The molecule has 5 nitrogen and oxygen atoms in total. The maximum Gasteiger partial charge on any atom is 0.144 e. The first-order valence-electron chi connectivity index (χ1n) is 6.12. The van der Waals surface area contributed by atoms with Gasteiger partial charge in [0.05, 0.1) is 19.5 Å². The van der Waals surface area contributed by atoms with Gasteiger partial charge >= 0.3 is 0 Å². The van der Waals surface area contributed by atoms with Crippen molar-refractivity contribution < 1.29 is 4.74 Å². The number of nitrogens with two attached hydrogens (primary N) is 1. The van der Waals surface area contributed by atoms with Crippen LogP contribution in [0.15, 0.2) is 36.7 Å². The van der Waals surface area contributed by atoms with Gasteiger partial charge in [-0.3, -0.25) is 0 Å². The summed E-state index contributed by atoms with van der Waals surface area (Å²) in [4.78, 5) is 8.62. The zero-order chi connectivity index (χ0) is 14.5. The Hall–Kier alpha value is -2.21. The molecule has 1 heterocycles. The largest absolute Gasteiger partial charge is 0.497 e. The summed E-state index contributed by atoms with van der Waals surface area (Å²) in [5.74, 6) is 1.51. The fraction of sp³-hybridized carbons (Fsp3) is 0.214. The number of nitrogens with one attached hydrogen (secondary N) is 1. The van der Waals surface area contributed by atoms with Gasteiger partial charge in [-0.25, -0.2) is 9.97 Å². The number of thiocarbonyl (C=S) groups is 1. The number of aromatic nitrogens is 2. The van der Waals surface area contributed by atoms with E-state index in [0.29, 0.717) is 11.5 Å². The lowest BCUT2D eigenvalue weighted by atomic mass is 10.1. The molecule has 2 aromatic rings. The summed E-state index contributed by atoms with van der Waals surface area (Å²) in [6.07, 6.45) is 3.18. The summed E-state index contributed by atoms with van der Waals surface area (Å²) in [5.41, 5.74) is 7.13. The summed E-state index contributed by atoms with van der Waals surface area (Å²) in [6.45, 7) is 2.05. The number of ether oxygens (including phenoxy) is 1. The zero-order valence-corrected chi connectivity index (χ0v) is 12.1. The quantitative estimate of drug-likeness (QED) is 0.822. The molecule has 0 bridgehead atoms. The van der Waals surface area contributed by atoms with Gasteiger partial charge in [0.2, 0.25) is 0 Å². The van der Waals surface area contributed by atoms with E-state index < -0.39 is 0 Å². The molecule has 0 aliphatic heterocycles. The van der Waals surface area contributed by atoms with Crippen LogP contribution in [0.5, 0.6) is 5.75 Å². The van der Waals surface area contributed by atoms with Crippen molar-refractivity contribution in [2.45, 2.75) is 13.0 Å². The minimum absolute atomic E-state index is 0.103. The SMILES string of the molecule is COc1ccc(C(C)Nc2cnc(C(N)=S)cn2)cc1. The Morgan fingerprint density at radius 3 is 2.45 bits per heavy atom. The predicted octanol–water partition coefficient (Wildman–Crippen LogP) is 2.29. The van der Waals surface area contributed by atoms with Crippen molar-refractivity contribution in [2.24, 2.45) is 5.73 Å². The van der Waals surface area contributed by atoms with E-state index in [1.807, 2.05) is 31.2 Å². The molecule has 20 heavy (non-hydrogen) atoms. The van der Waals surface area contributed by atoms with Crippen molar-refractivity contribution in [2.75, 3.05) is 12.4 Å². The van der Waals surface area contributed by atoms with E-state index >= 15 is 0 Å². The lowest BCUT2D eigenvalue weighted by Crippen LogP contribution is -2.13. The molecule has 2 rings (SSSR count). The van der Waals surface area contributed by atoms with Crippen molar-refractivity contribution in [3.8, 4) is 5.75 Å². The van der Waals surface area contributed by atoms with E-state index in [1.54, 1.807) is 19.5 Å². The third-order valence-electron chi connectivity index (χ3n) is 2.88. The first-order valence-corrected chi connectivity index (χ1v) is 6.53. The van der Waals surface area contributed by atoms with Crippen LogP contribution in [0.4, 0.5) is 5.82 Å². The van der Waals surface area contributed by atoms with Gasteiger partial charge < -0.3 is 15.8 Å². The minimum atomic E-state index is 0.103. The molecule has 6 heteroatoms. The lowest BCUT2D eigenvalue weighted by Gasteiger charge is -2.15. The van der Waals surface area contributed by atoms with Crippen LogP contribution in [0.1, 0.15) is 24.2 Å². The molecule has 0 saturated heterocycles. The van der Waals surface area contributed by atoms with Gasteiger partial charge in [-0.1, -0.05) is 24.4 Å². The molecule has 0 amide bonds. The van der Waals surface area contributed by atoms with E-state index in [0.717, 1.165) is 11.3 Å². The van der Waals surface area contributed by atoms with Gasteiger partial charge in [0.25, 0.3) is 0 Å². The molecular weight excluding hydrogens is 272 g/mol. The van der Waals surface area contributed by atoms with Gasteiger partial charge in [-0.15, -0.1) is 0 Å². The van der Waals surface area contributed by atoms with Crippen LogP contribution in [-0.2, 0) is 0 Å². The first kappa shape index (κ1) is 14.2. The maximum absolute atomic E-state index is 5.48. The maximum atomic E-state index is 5.48. The molecule has 1 unspecified atom stereocenters. The van der Waals surface area contributed by atoms with E-state index in [1.165, 1.54) is 0 Å². The number of benzene rings is 1. The monoisotopic (exact) mass is 288 g/mol. The Balaban J connectivity index is 2.06. The molecule has 3 N–H and O–H groups in total. The molecule has 1 atom stereocenters. The average Bonchev–Trinajstić information content (AvgIpc) is 2.48. The Morgan fingerprint density at radius 2 is 1.95 bits per heavy atom. The highest BCUT2D eigenvalue weighted by atomic mass is 32.1. The van der Waals surface area contributed by atoms with Gasteiger partial charge in [-0.2, -0.15) is 0 Å². The Kier molecular flexibility index (Phi) is 4.47. The van der Waals surface area contributed by atoms with E-state index in [4.69, 9.17) is 22.7 Å².